The molecule has 6 heteroatoms. The van der Waals surface area contributed by atoms with Gasteiger partial charge in [0.2, 0.25) is 0 Å². The molecule has 0 radical (unpaired) electrons. The second-order valence-corrected chi connectivity index (χ2v) is 5.37. The average molecular weight is 297 g/mol. The van der Waals surface area contributed by atoms with Crippen LogP contribution in [0.3, 0.4) is 0 Å². The molecule has 0 aliphatic heterocycles. The molecular weight excluding hydrogens is 273 g/mol. The van der Waals surface area contributed by atoms with E-state index in [-0.39, 0.29) is 17.1 Å². The Hall–Kier alpha value is -1.82. The SMILES string of the molecule is CC(C)N(CCOc1cccc(F)c1/C(N)=N/O)C(C)C. The van der Waals surface area contributed by atoms with Gasteiger partial charge in [0.15, 0.2) is 5.84 Å². The van der Waals surface area contributed by atoms with E-state index in [1.807, 2.05) is 0 Å². The molecule has 118 valence electrons. The number of oxime groups is 1. The van der Waals surface area contributed by atoms with Gasteiger partial charge in [0.05, 0.1) is 5.56 Å². The topological polar surface area (TPSA) is 71.1 Å². The van der Waals surface area contributed by atoms with Crippen molar-refractivity contribution in [2.75, 3.05) is 13.2 Å². The Labute approximate surface area is 125 Å². The van der Waals surface area contributed by atoms with Crippen LogP contribution in [-0.4, -0.2) is 41.2 Å². The summed E-state index contributed by atoms with van der Waals surface area (Å²) in [5, 5.41) is 11.6. The molecule has 0 aliphatic rings. The number of rotatable bonds is 7. The lowest BCUT2D eigenvalue weighted by atomic mass is 10.1. The molecule has 0 saturated carbocycles. The maximum Gasteiger partial charge on any atom is 0.176 e. The van der Waals surface area contributed by atoms with Gasteiger partial charge < -0.3 is 15.7 Å². The number of hydrogen-bond donors (Lipinski definition) is 2. The highest BCUT2D eigenvalue weighted by Crippen LogP contribution is 2.21. The van der Waals surface area contributed by atoms with Crippen LogP contribution in [0.2, 0.25) is 0 Å². The van der Waals surface area contributed by atoms with Crippen molar-refractivity contribution in [2.45, 2.75) is 39.8 Å². The summed E-state index contributed by atoms with van der Waals surface area (Å²) in [4.78, 5) is 2.27. The van der Waals surface area contributed by atoms with Gasteiger partial charge in [-0.25, -0.2) is 4.39 Å². The second-order valence-electron chi connectivity index (χ2n) is 5.37. The zero-order chi connectivity index (χ0) is 16.0. The highest BCUT2D eigenvalue weighted by molar-refractivity contribution is 5.99. The third-order valence-electron chi connectivity index (χ3n) is 3.27. The van der Waals surface area contributed by atoms with E-state index in [0.29, 0.717) is 25.2 Å². The van der Waals surface area contributed by atoms with E-state index in [2.05, 4.69) is 37.8 Å². The first-order valence-electron chi connectivity index (χ1n) is 7.03. The molecule has 0 aromatic heterocycles. The minimum atomic E-state index is -0.577. The normalized spacial score (nSPS) is 12.5. The molecule has 3 N–H and O–H groups in total. The Morgan fingerprint density at radius 3 is 2.48 bits per heavy atom. The fourth-order valence-electron chi connectivity index (χ4n) is 2.30. The Morgan fingerprint density at radius 1 is 1.33 bits per heavy atom. The van der Waals surface area contributed by atoms with Crippen LogP contribution in [0.25, 0.3) is 0 Å². The molecule has 0 unspecified atom stereocenters. The van der Waals surface area contributed by atoms with E-state index in [0.717, 1.165) is 0 Å². The van der Waals surface area contributed by atoms with E-state index in [4.69, 9.17) is 15.7 Å². The average Bonchev–Trinajstić information content (AvgIpc) is 2.42. The van der Waals surface area contributed by atoms with Gasteiger partial charge in [-0.2, -0.15) is 0 Å². The maximum absolute atomic E-state index is 13.8. The van der Waals surface area contributed by atoms with E-state index < -0.39 is 5.82 Å². The van der Waals surface area contributed by atoms with E-state index in [1.165, 1.54) is 12.1 Å². The van der Waals surface area contributed by atoms with Crippen molar-refractivity contribution in [3.63, 3.8) is 0 Å². The molecule has 1 aromatic rings. The summed E-state index contributed by atoms with van der Waals surface area (Å²) < 4.78 is 19.4. The molecule has 1 rings (SSSR count). The Bertz CT molecular complexity index is 482. The van der Waals surface area contributed by atoms with Crippen LogP contribution >= 0.6 is 0 Å². The molecular formula is C15H24FN3O2. The smallest absolute Gasteiger partial charge is 0.176 e. The Kier molecular flexibility index (Phi) is 6.42. The van der Waals surface area contributed by atoms with Gasteiger partial charge in [-0.3, -0.25) is 4.90 Å². The predicted molar refractivity (Wildman–Crippen MR) is 81.4 cm³/mol. The molecule has 0 bridgehead atoms. The van der Waals surface area contributed by atoms with Crippen molar-refractivity contribution in [2.24, 2.45) is 10.9 Å². The predicted octanol–water partition coefficient (Wildman–Crippen LogP) is 2.42. The number of amidine groups is 1. The van der Waals surface area contributed by atoms with E-state index >= 15 is 0 Å². The van der Waals surface area contributed by atoms with Crippen LogP contribution in [0, 0.1) is 5.82 Å². The van der Waals surface area contributed by atoms with Gasteiger partial charge in [0.25, 0.3) is 0 Å². The third kappa shape index (κ3) is 4.60. The van der Waals surface area contributed by atoms with Gasteiger partial charge in [-0.05, 0) is 39.8 Å². The Morgan fingerprint density at radius 2 is 1.95 bits per heavy atom. The summed E-state index contributed by atoms with van der Waals surface area (Å²) in [6, 6.07) is 5.16. The standard InChI is InChI=1S/C15H24FN3O2/c1-10(2)19(11(3)4)8-9-21-13-7-5-6-12(16)14(13)15(17)18-20/h5-7,10-11,20H,8-9H2,1-4H3,(H2,17,18). The number of nitrogens with two attached hydrogens (primary N) is 1. The van der Waals surface area contributed by atoms with Gasteiger partial charge in [-0.15, -0.1) is 0 Å². The molecule has 0 aliphatic carbocycles. The van der Waals surface area contributed by atoms with Crippen molar-refractivity contribution < 1.29 is 14.3 Å². The van der Waals surface area contributed by atoms with E-state index in [1.54, 1.807) is 6.07 Å². The lowest BCUT2D eigenvalue weighted by Gasteiger charge is -2.30. The summed E-state index contributed by atoms with van der Waals surface area (Å²) in [5.74, 6) is -0.599. The molecule has 0 heterocycles. The highest BCUT2D eigenvalue weighted by atomic mass is 19.1. The third-order valence-corrected chi connectivity index (χ3v) is 3.27. The quantitative estimate of drug-likeness (QED) is 0.351. The van der Waals surface area contributed by atoms with Crippen molar-refractivity contribution in [1.29, 1.82) is 0 Å². The zero-order valence-electron chi connectivity index (χ0n) is 13.0. The second kappa shape index (κ2) is 7.83. The molecule has 0 atom stereocenters. The van der Waals surface area contributed by atoms with Crippen molar-refractivity contribution in [3.05, 3.63) is 29.6 Å². The van der Waals surface area contributed by atoms with Crippen LogP contribution in [0.4, 0.5) is 4.39 Å². The first-order chi connectivity index (χ1) is 9.88. The van der Waals surface area contributed by atoms with Crippen LogP contribution in [0.5, 0.6) is 5.75 Å². The first kappa shape index (κ1) is 17.2. The van der Waals surface area contributed by atoms with Gasteiger partial charge in [0.1, 0.15) is 18.2 Å². The molecule has 5 nitrogen and oxygen atoms in total. The van der Waals surface area contributed by atoms with Crippen LogP contribution in [-0.2, 0) is 0 Å². The monoisotopic (exact) mass is 297 g/mol. The molecule has 0 amide bonds. The van der Waals surface area contributed by atoms with Crippen molar-refractivity contribution >= 4 is 5.84 Å². The summed E-state index contributed by atoms with van der Waals surface area (Å²) >= 11 is 0. The van der Waals surface area contributed by atoms with Crippen molar-refractivity contribution in [1.82, 2.24) is 4.90 Å². The van der Waals surface area contributed by atoms with Crippen LogP contribution < -0.4 is 10.5 Å². The number of ether oxygens (including phenoxy) is 1. The minimum Gasteiger partial charge on any atom is -0.491 e. The van der Waals surface area contributed by atoms with Gasteiger partial charge in [-0.1, -0.05) is 11.2 Å². The fraction of sp³-hybridized carbons (Fsp3) is 0.533. The minimum absolute atomic E-state index is 0.0133. The molecule has 21 heavy (non-hydrogen) atoms. The number of hydrogen-bond acceptors (Lipinski definition) is 4. The van der Waals surface area contributed by atoms with Gasteiger partial charge >= 0.3 is 0 Å². The molecule has 0 spiro atoms. The summed E-state index contributed by atoms with van der Waals surface area (Å²) in [6.45, 7) is 9.56. The summed E-state index contributed by atoms with van der Waals surface area (Å²) in [6.07, 6.45) is 0. The highest BCUT2D eigenvalue weighted by Gasteiger charge is 2.16. The Balaban J connectivity index is 2.79. The largest absolute Gasteiger partial charge is 0.491 e. The lowest BCUT2D eigenvalue weighted by Crippen LogP contribution is -2.39. The first-order valence-corrected chi connectivity index (χ1v) is 7.03. The van der Waals surface area contributed by atoms with Crippen molar-refractivity contribution in [3.8, 4) is 5.75 Å². The van der Waals surface area contributed by atoms with Gasteiger partial charge in [0, 0.05) is 18.6 Å². The van der Waals surface area contributed by atoms with Crippen LogP contribution in [0.1, 0.15) is 33.3 Å². The maximum atomic E-state index is 13.8. The lowest BCUT2D eigenvalue weighted by molar-refractivity contribution is 0.141. The summed E-state index contributed by atoms with van der Waals surface area (Å²) in [5.41, 5.74) is 5.48. The number of halogens is 1. The summed E-state index contributed by atoms with van der Waals surface area (Å²) in [7, 11) is 0. The zero-order valence-corrected chi connectivity index (χ0v) is 13.0. The van der Waals surface area contributed by atoms with E-state index in [9.17, 15) is 4.39 Å². The van der Waals surface area contributed by atoms with Crippen LogP contribution in [0.15, 0.2) is 23.4 Å². The molecule has 0 fully saturated rings. The fourth-order valence-corrected chi connectivity index (χ4v) is 2.30. The number of nitrogens with zero attached hydrogens (tertiary/aromatic N) is 2. The number of benzene rings is 1. The molecule has 1 aromatic carbocycles. The molecule has 0 saturated heterocycles.